The predicted molar refractivity (Wildman–Crippen MR) is 85.2 cm³/mol. The Morgan fingerprint density at radius 3 is 2.62 bits per heavy atom. The third-order valence-corrected chi connectivity index (χ3v) is 5.33. The monoisotopic (exact) mass is 299 g/mol. The minimum atomic E-state index is -1.03. The van der Waals surface area contributed by atoms with Crippen molar-refractivity contribution in [1.82, 2.24) is 0 Å². The number of nitrogens with zero attached hydrogens (tertiary/aromatic N) is 1. The first kappa shape index (κ1) is 14.0. The van der Waals surface area contributed by atoms with Gasteiger partial charge in [-0.2, -0.15) is 0 Å². The average molecular weight is 299 g/mol. The van der Waals surface area contributed by atoms with Crippen LogP contribution in [-0.2, 0) is 10.8 Å². The van der Waals surface area contributed by atoms with Crippen molar-refractivity contribution < 1.29 is 9.00 Å². The Bertz CT molecular complexity index is 697. The van der Waals surface area contributed by atoms with E-state index in [0.29, 0.717) is 17.9 Å². The van der Waals surface area contributed by atoms with Gasteiger partial charge in [-0.05, 0) is 37.1 Å². The zero-order valence-corrected chi connectivity index (χ0v) is 12.7. The number of hydrogen-bond donors (Lipinski definition) is 0. The lowest BCUT2D eigenvalue weighted by atomic mass is 10.1. The highest BCUT2D eigenvalue weighted by Crippen LogP contribution is 2.31. The van der Waals surface area contributed by atoms with Crippen LogP contribution in [0.2, 0.25) is 0 Å². The Hall–Kier alpha value is -1.94. The average Bonchev–Trinajstić information content (AvgIpc) is 2.67. The van der Waals surface area contributed by atoms with Gasteiger partial charge < -0.3 is 4.90 Å². The van der Waals surface area contributed by atoms with Gasteiger partial charge >= 0.3 is 0 Å². The number of amides is 1. The Morgan fingerprint density at radius 2 is 1.86 bits per heavy atom. The van der Waals surface area contributed by atoms with Crippen LogP contribution in [0.5, 0.6) is 0 Å². The first-order valence-corrected chi connectivity index (χ1v) is 8.35. The van der Waals surface area contributed by atoms with Gasteiger partial charge in [0, 0.05) is 17.9 Å². The van der Waals surface area contributed by atoms with Crippen LogP contribution in [0.25, 0.3) is 0 Å². The first-order valence-electron chi connectivity index (χ1n) is 7.03. The number of aryl methyl sites for hydroxylation is 1. The molecule has 1 unspecified atom stereocenters. The molecule has 0 bridgehead atoms. The molecule has 1 heterocycles. The molecule has 3 rings (SSSR count). The summed E-state index contributed by atoms with van der Waals surface area (Å²) in [7, 11) is -1.03. The number of benzene rings is 2. The Labute approximate surface area is 127 Å². The number of carbonyl (C=O) groups excluding carboxylic acids is 1. The van der Waals surface area contributed by atoms with E-state index < -0.39 is 10.8 Å². The van der Waals surface area contributed by atoms with Crippen LogP contribution in [0.4, 0.5) is 5.69 Å². The summed E-state index contributed by atoms with van der Waals surface area (Å²) in [6.07, 6.45) is 0.749. The molecule has 21 heavy (non-hydrogen) atoms. The molecule has 1 aliphatic rings. The molecule has 1 atom stereocenters. The van der Waals surface area contributed by atoms with Crippen LogP contribution < -0.4 is 4.90 Å². The molecule has 0 spiro atoms. The fourth-order valence-corrected chi connectivity index (χ4v) is 4.10. The summed E-state index contributed by atoms with van der Waals surface area (Å²) in [4.78, 5) is 15.3. The van der Waals surface area contributed by atoms with Crippen LogP contribution in [0, 0.1) is 6.92 Å². The number of hydrogen-bond acceptors (Lipinski definition) is 2. The molecule has 0 saturated heterocycles. The molecule has 0 saturated carbocycles. The fraction of sp³-hybridized carbons (Fsp3) is 0.235. The molecule has 1 aliphatic heterocycles. The van der Waals surface area contributed by atoms with Gasteiger partial charge in [0.2, 0.25) is 0 Å². The second kappa shape index (κ2) is 5.82. The van der Waals surface area contributed by atoms with Crippen LogP contribution in [0.1, 0.15) is 22.3 Å². The number of rotatable bonds is 1. The highest BCUT2D eigenvalue weighted by atomic mass is 32.2. The molecule has 108 valence electrons. The third kappa shape index (κ3) is 2.63. The van der Waals surface area contributed by atoms with Crippen molar-refractivity contribution in [2.24, 2.45) is 0 Å². The number of anilines is 1. The second-order valence-corrected chi connectivity index (χ2v) is 6.66. The lowest BCUT2D eigenvalue weighted by Gasteiger charge is -2.23. The zero-order valence-electron chi connectivity index (χ0n) is 11.9. The zero-order chi connectivity index (χ0) is 14.8. The van der Waals surface area contributed by atoms with E-state index in [-0.39, 0.29) is 5.91 Å². The summed E-state index contributed by atoms with van der Waals surface area (Å²) < 4.78 is 12.4. The van der Waals surface area contributed by atoms with Crippen molar-refractivity contribution in [3.05, 3.63) is 59.7 Å². The summed E-state index contributed by atoms with van der Waals surface area (Å²) in [5, 5.41) is 0. The van der Waals surface area contributed by atoms with E-state index in [1.807, 2.05) is 55.5 Å². The third-order valence-electron chi connectivity index (χ3n) is 3.69. The summed E-state index contributed by atoms with van der Waals surface area (Å²) in [6, 6.07) is 15.0. The molecular weight excluding hydrogens is 282 g/mol. The van der Waals surface area contributed by atoms with Crippen molar-refractivity contribution >= 4 is 22.4 Å². The summed E-state index contributed by atoms with van der Waals surface area (Å²) >= 11 is 0. The van der Waals surface area contributed by atoms with E-state index >= 15 is 0 Å². The topological polar surface area (TPSA) is 37.4 Å². The van der Waals surface area contributed by atoms with Crippen molar-refractivity contribution in [1.29, 1.82) is 0 Å². The van der Waals surface area contributed by atoms with E-state index in [4.69, 9.17) is 0 Å². The normalized spacial score (nSPS) is 18.0. The van der Waals surface area contributed by atoms with E-state index in [2.05, 4.69) is 0 Å². The van der Waals surface area contributed by atoms with Gasteiger partial charge in [0.05, 0.1) is 21.4 Å². The molecular formula is C17H17NO2S. The van der Waals surface area contributed by atoms with Gasteiger partial charge in [-0.1, -0.05) is 30.3 Å². The molecule has 4 heteroatoms. The standard InChI is InChI=1S/C17H17NO2S/c1-13-7-5-10-15-16(13)21(20)12-6-11-18(15)17(19)14-8-3-2-4-9-14/h2-5,7-10H,6,11-12H2,1H3. The molecule has 2 aromatic carbocycles. The lowest BCUT2D eigenvalue weighted by Crippen LogP contribution is -2.31. The van der Waals surface area contributed by atoms with E-state index in [9.17, 15) is 9.00 Å². The quantitative estimate of drug-likeness (QED) is 0.811. The molecule has 0 N–H and O–H groups in total. The second-order valence-electron chi connectivity index (χ2n) is 5.15. The first-order chi connectivity index (χ1) is 10.2. The van der Waals surface area contributed by atoms with Crippen molar-refractivity contribution in [2.75, 3.05) is 17.2 Å². The molecule has 3 nitrogen and oxygen atoms in total. The maximum absolute atomic E-state index is 12.8. The highest BCUT2D eigenvalue weighted by Gasteiger charge is 2.26. The van der Waals surface area contributed by atoms with Crippen molar-refractivity contribution in [3.63, 3.8) is 0 Å². The minimum absolute atomic E-state index is 0.0265. The Balaban J connectivity index is 2.08. The van der Waals surface area contributed by atoms with Crippen LogP contribution in [0.15, 0.2) is 53.4 Å². The van der Waals surface area contributed by atoms with E-state index in [1.165, 1.54) is 0 Å². The van der Waals surface area contributed by atoms with Gasteiger partial charge in [0.15, 0.2) is 0 Å². The maximum atomic E-state index is 12.8. The van der Waals surface area contributed by atoms with E-state index in [1.54, 1.807) is 4.90 Å². The molecule has 0 fully saturated rings. The number of carbonyl (C=O) groups is 1. The van der Waals surface area contributed by atoms with Gasteiger partial charge in [0.1, 0.15) is 0 Å². The molecule has 0 aromatic heterocycles. The molecule has 1 amide bonds. The molecule has 2 aromatic rings. The van der Waals surface area contributed by atoms with Crippen LogP contribution >= 0.6 is 0 Å². The predicted octanol–water partition coefficient (Wildman–Crippen LogP) is 3.15. The fourth-order valence-electron chi connectivity index (χ4n) is 2.67. The SMILES string of the molecule is Cc1cccc2c1S(=O)CCCN2C(=O)c1ccccc1. The van der Waals surface area contributed by atoms with Crippen LogP contribution in [-0.4, -0.2) is 22.4 Å². The van der Waals surface area contributed by atoms with Crippen molar-refractivity contribution in [2.45, 2.75) is 18.2 Å². The molecule has 0 radical (unpaired) electrons. The summed E-state index contributed by atoms with van der Waals surface area (Å²) in [6.45, 7) is 2.56. The van der Waals surface area contributed by atoms with Crippen LogP contribution in [0.3, 0.4) is 0 Å². The maximum Gasteiger partial charge on any atom is 0.258 e. The largest absolute Gasteiger partial charge is 0.307 e. The van der Waals surface area contributed by atoms with Gasteiger partial charge in [0.25, 0.3) is 5.91 Å². The Morgan fingerprint density at radius 1 is 1.10 bits per heavy atom. The summed E-state index contributed by atoms with van der Waals surface area (Å²) in [5.74, 6) is 0.581. The van der Waals surface area contributed by atoms with Gasteiger partial charge in [-0.25, -0.2) is 0 Å². The van der Waals surface area contributed by atoms with E-state index in [0.717, 1.165) is 22.6 Å². The van der Waals surface area contributed by atoms with Crippen molar-refractivity contribution in [3.8, 4) is 0 Å². The smallest absolute Gasteiger partial charge is 0.258 e. The Kier molecular flexibility index (Phi) is 3.88. The lowest BCUT2D eigenvalue weighted by molar-refractivity contribution is 0.0986. The minimum Gasteiger partial charge on any atom is -0.307 e. The molecule has 0 aliphatic carbocycles. The van der Waals surface area contributed by atoms with Gasteiger partial charge in [-0.15, -0.1) is 0 Å². The number of fused-ring (bicyclic) bond motifs is 1. The summed E-state index contributed by atoms with van der Waals surface area (Å²) in [5.41, 5.74) is 2.44. The highest BCUT2D eigenvalue weighted by molar-refractivity contribution is 7.85. The van der Waals surface area contributed by atoms with Gasteiger partial charge in [-0.3, -0.25) is 9.00 Å².